The van der Waals surface area contributed by atoms with Crippen LogP contribution < -0.4 is 10.6 Å². The van der Waals surface area contributed by atoms with E-state index in [4.69, 9.17) is 14.1 Å². The number of hydrogen-bond donors (Lipinski definition) is 3. The largest absolute Gasteiger partial charge is 0.416 e. The second-order valence-electron chi connectivity index (χ2n) is 11.7. The minimum Gasteiger partial charge on any atom is -0.416 e. The van der Waals surface area contributed by atoms with Gasteiger partial charge in [0.25, 0.3) is 0 Å². The van der Waals surface area contributed by atoms with Gasteiger partial charge in [0.1, 0.15) is 0 Å². The second-order valence-corrected chi connectivity index (χ2v) is 11.7. The summed E-state index contributed by atoms with van der Waals surface area (Å²) in [5.74, 6) is 0.535. The number of fused-ring (bicyclic) bond motifs is 1. The highest BCUT2D eigenvalue weighted by Gasteiger charge is 2.31. The average molecular weight is 558 g/mol. The number of rotatable bonds is 6. The molecule has 1 fully saturated rings. The maximum Gasteiger partial charge on any atom is 0.309 e. The minimum atomic E-state index is -0.369. The van der Waals surface area contributed by atoms with Crippen molar-refractivity contribution in [2.45, 2.75) is 64.6 Å². The number of aryl methyl sites for hydroxylation is 1. The standard InChI is InChI=1S/C29H35N9O3/c1-17-24(14-31-35-17)34-28-30-10-7-22(33-28)18-5-6-21-19(13-18)15-38(20-9-12-40-16-20)11-8-23(21)32-25(39)26-36-37-27(41-26)29(2,3)4/h5-7,10,13-14,20,23H,8-9,11-12,15-16H2,1-4H3,(H,31,35)(H,32,39)(H,30,33,34)/t20-,23+/m1/s1. The Hall–Kier alpha value is -4.16. The summed E-state index contributed by atoms with van der Waals surface area (Å²) < 4.78 is 11.4. The molecular weight excluding hydrogens is 522 g/mol. The minimum absolute atomic E-state index is 0.0211. The van der Waals surface area contributed by atoms with Crippen LogP contribution in [0.15, 0.2) is 41.1 Å². The van der Waals surface area contributed by atoms with E-state index in [-0.39, 0.29) is 23.3 Å². The number of H-pyrrole nitrogens is 1. The highest BCUT2D eigenvalue weighted by Crippen LogP contribution is 2.33. The number of anilines is 2. The molecule has 4 aromatic rings. The zero-order valence-corrected chi connectivity index (χ0v) is 23.8. The van der Waals surface area contributed by atoms with Gasteiger partial charge in [0.05, 0.1) is 35.9 Å². The second kappa shape index (κ2) is 11.0. The third-order valence-corrected chi connectivity index (χ3v) is 7.61. The van der Waals surface area contributed by atoms with Gasteiger partial charge in [-0.2, -0.15) is 5.10 Å². The molecule has 2 aliphatic heterocycles. The molecule has 0 aliphatic carbocycles. The third-order valence-electron chi connectivity index (χ3n) is 7.61. The molecule has 1 aromatic carbocycles. The summed E-state index contributed by atoms with van der Waals surface area (Å²) in [4.78, 5) is 24.8. The van der Waals surface area contributed by atoms with Crippen molar-refractivity contribution in [3.8, 4) is 11.3 Å². The normalized spacial score (nSPS) is 19.5. The molecule has 0 unspecified atom stereocenters. The van der Waals surface area contributed by atoms with Crippen molar-refractivity contribution in [3.63, 3.8) is 0 Å². The first kappa shape index (κ1) is 27.0. The highest BCUT2D eigenvalue weighted by atomic mass is 16.5. The van der Waals surface area contributed by atoms with Crippen molar-refractivity contribution < 1.29 is 13.9 Å². The van der Waals surface area contributed by atoms with Gasteiger partial charge in [-0.25, -0.2) is 9.97 Å². The SMILES string of the molecule is Cc1[nH]ncc1Nc1nccc(-c2ccc3c(c2)CN([C@@H]2CCOC2)CC[C@@H]3NC(=O)c2nnc(C(C)(C)C)o2)n1. The lowest BCUT2D eigenvalue weighted by Gasteiger charge is -2.26. The molecule has 5 heterocycles. The Labute approximate surface area is 238 Å². The monoisotopic (exact) mass is 557 g/mol. The van der Waals surface area contributed by atoms with Crippen molar-refractivity contribution in [3.05, 3.63) is 65.3 Å². The Bertz CT molecular complexity index is 1530. The summed E-state index contributed by atoms with van der Waals surface area (Å²) in [6, 6.07) is 8.34. The van der Waals surface area contributed by atoms with Crippen LogP contribution >= 0.6 is 0 Å². The molecule has 12 heteroatoms. The number of nitrogens with zero attached hydrogens (tertiary/aromatic N) is 6. The average Bonchev–Trinajstić information content (AvgIpc) is 3.72. The van der Waals surface area contributed by atoms with E-state index in [1.54, 1.807) is 12.4 Å². The summed E-state index contributed by atoms with van der Waals surface area (Å²) in [5.41, 5.74) is 5.37. The molecule has 2 aliphatic rings. The lowest BCUT2D eigenvalue weighted by molar-refractivity contribution is 0.0891. The van der Waals surface area contributed by atoms with Gasteiger partial charge in [-0.3, -0.25) is 14.8 Å². The molecular formula is C29H35N9O3. The van der Waals surface area contributed by atoms with Gasteiger partial charge in [0, 0.05) is 42.9 Å². The molecule has 0 radical (unpaired) electrons. The van der Waals surface area contributed by atoms with Gasteiger partial charge in [-0.1, -0.05) is 32.9 Å². The van der Waals surface area contributed by atoms with Crippen LogP contribution in [-0.4, -0.2) is 67.0 Å². The first-order valence-corrected chi connectivity index (χ1v) is 13.9. The van der Waals surface area contributed by atoms with Crippen molar-refractivity contribution in [2.75, 3.05) is 25.1 Å². The molecule has 0 bridgehead atoms. The lowest BCUT2D eigenvalue weighted by Crippen LogP contribution is -2.36. The maximum absolute atomic E-state index is 13.2. The smallest absolute Gasteiger partial charge is 0.309 e. The summed E-state index contributed by atoms with van der Waals surface area (Å²) in [7, 11) is 0. The number of amides is 1. The molecule has 0 saturated carbocycles. The Morgan fingerprint density at radius 2 is 2.05 bits per heavy atom. The molecule has 3 aromatic heterocycles. The van der Waals surface area contributed by atoms with Crippen LogP contribution in [0.4, 0.5) is 11.6 Å². The zero-order valence-electron chi connectivity index (χ0n) is 23.8. The van der Waals surface area contributed by atoms with Crippen LogP contribution in [0.25, 0.3) is 11.3 Å². The van der Waals surface area contributed by atoms with Crippen LogP contribution in [0.2, 0.25) is 0 Å². The fourth-order valence-corrected chi connectivity index (χ4v) is 5.28. The predicted molar refractivity (Wildman–Crippen MR) is 152 cm³/mol. The quantitative estimate of drug-likeness (QED) is 0.317. The van der Waals surface area contributed by atoms with Crippen LogP contribution in [0.3, 0.4) is 0 Å². The summed E-state index contributed by atoms with van der Waals surface area (Å²) in [6.07, 6.45) is 5.20. The number of aromatic amines is 1. The third kappa shape index (κ3) is 5.84. The number of ether oxygens (including phenoxy) is 1. The van der Waals surface area contributed by atoms with Gasteiger partial charge in [-0.15, -0.1) is 10.2 Å². The van der Waals surface area contributed by atoms with Crippen molar-refractivity contribution in [2.24, 2.45) is 0 Å². The van der Waals surface area contributed by atoms with E-state index in [1.165, 1.54) is 0 Å². The van der Waals surface area contributed by atoms with E-state index in [1.807, 2.05) is 39.8 Å². The molecule has 2 atom stereocenters. The van der Waals surface area contributed by atoms with Gasteiger partial charge in [-0.05, 0) is 43.0 Å². The number of benzene rings is 1. The topological polar surface area (TPSA) is 147 Å². The molecule has 0 spiro atoms. The number of carbonyl (C=O) groups excluding carboxylic acids is 1. The molecule has 1 saturated heterocycles. The highest BCUT2D eigenvalue weighted by molar-refractivity contribution is 5.89. The van der Waals surface area contributed by atoms with Gasteiger partial charge < -0.3 is 19.8 Å². The number of carbonyl (C=O) groups is 1. The first-order chi connectivity index (χ1) is 19.7. The van der Waals surface area contributed by atoms with E-state index in [9.17, 15) is 4.79 Å². The number of nitrogens with one attached hydrogen (secondary N) is 3. The van der Waals surface area contributed by atoms with Gasteiger partial charge >= 0.3 is 11.8 Å². The fraction of sp³-hybridized carbons (Fsp3) is 0.448. The Morgan fingerprint density at radius 3 is 2.78 bits per heavy atom. The van der Waals surface area contributed by atoms with Gasteiger partial charge in [0.2, 0.25) is 11.8 Å². The summed E-state index contributed by atoms with van der Waals surface area (Å²) in [5, 5.41) is 21.5. The van der Waals surface area contributed by atoms with E-state index >= 15 is 0 Å². The van der Waals surface area contributed by atoms with Crippen LogP contribution in [-0.2, 0) is 16.7 Å². The lowest BCUT2D eigenvalue weighted by atomic mass is 9.96. The van der Waals surface area contributed by atoms with Crippen LogP contribution in [0, 0.1) is 6.92 Å². The van der Waals surface area contributed by atoms with E-state index in [2.05, 4.69) is 53.0 Å². The van der Waals surface area contributed by atoms with Crippen molar-refractivity contribution in [1.29, 1.82) is 0 Å². The van der Waals surface area contributed by atoms with Crippen LogP contribution in [0.5, 0.6) is 0 Å². The Morgan fingerprint density at radius 1 is 1.17 bits per heavy atom. The first-order valence-electron chi connectivity index (χ1n) is 13.9. The Kier molecular flexibility index (Phi) is 7.26. The number of hydrogen-bond acceptors (Lipinski definition) is 10. The molecule has 12 nitrogen and oxygen atoms in total. The van der Waals surface area contributed by atoms with E-state index in [0.717, 1.165) is 72.9 Å². The maximum atomic E-state index is 13.2. The number of aromatic nitrogens is 6. The molecule has 3 N–H and O–H groups in total. The fourth-order valence-electron chi connectivity index (χ4n) is 5.28. The van der Waals surface area contributed by atoms with Crippen molar-refractivity contribution in [1.82, 2.24) is 40.6 Å². The zero-order chi connectivity index (χ0) is 28.6. The summed E-state index contributed by atoms with van der Waals surface area (Å²) in [6.45, 7) is 10.9. The van der Waals surface area contributed by atoms with Crippen LogP contribution in [0.1, 0.15) is 73.1 Å². The predicted octanol–water partition coefficient (Wildman–Crippen LogP) is 4.06. The summed E-state index contributed by atoms with van der Waals surface area (Å²) >= 11 is 0. The van der Waals surface area contributed by atoms with Gasteiger partial charge in [0.15, 0.2) is 0 Å². The van der Waals surface area contributed by atoms with E-state index in [0.29, 0.717) is 17.9 Å². The molecule has 214 valence electrons. The molecule has 1 amide bonds. The van der Waals surface area contributed by atoms with E-state index < -0.39 is 0 Å². The molecule has 41 heavy (non-hydrogen) atoms. The molecule has 6 rings (SSSR count). The van der Waals surface area contributed by atoms with Crippen molar-refractivity contribution >= 4 is 17.5 Å². The Balaban J connectivity index is 1.29.